The number of nitrogens with one attached hydrogen (secondary N) is 1. The fourth-order valence-electron chi connectivity index (χ4n) is 2.82. The van der Waals surface area contributed by atoms with Gasteiger partial charge in [-0.2, -0.15) is 0 Å². The lowest BCUT2D eigenvalue weighted by molar-refractivity contribution is 0.145. The topological polar surface area (TPSA) is 15.3 Å². The molecular formula is C14H30N2. The molecule has 2 atom stereocenters. The van der Waals surface area contributed by atoms with E-state index >= 15 is 0 Å². The Hall–Kier alpha value is -0.0800. The number of hydrogen-bond acceptors (Lipinski definition) is 2. The number of rotatable bonds is 5. The SMILES string of the molecule is CC(C)CC(C)N(C)CC1(C)CCCCN1. The van der Waals surface area contributed by atoms with Gasteiger partial charge in [-0.1, -0.05) is 20.3 Å². The standard InChI is InChI=1S/C14H30N2/c1-12(2)10-13(3)16(5)11-14(4)8-6-7-9-15-14/h12-13,15H,6-11H2,1-5H3. The molecule has 16 heavy (non-hydrogen) atoms. The largest absolute Gasteiger partial charge is 0.310 e. The van der Waals surface area contributed by atoms with Crippen molar-refractivity contribution >= 4 is 0 Å². The summed E-state index contributed by atoms with van der Waals surface area (Å²) in [6.07, 6.45) is 5.36. The van der Waals surface area contributed by atoms with Crippen molar-refractivity contribution in [1.82, 2.24) is 10.2 Å². The lowest BCUT2D eigenvalue weighted by Gasteiger charge is -2.40. The number of piperidine rings is 1. The van der Waals surface area contributed by atoms with E-state index in [2.05, 4.69) is 45.0 Å². The first-order chi connectivity index (χ1) is 7.43. The molecule has 1 heterocycles. The van der Waals surface area contributed by atoms with Crippen LogP contribution < -0.4 is 5.32 Å². The normalized spacial score (nSPS) is 28.7. The number of likely N-dealkylation sites (N-methyl/N-ethyl adjacent to an activating group) is 1. The van der Waals surface area contributed by atoms with E-state index in [9.17, 15) is 0 Å². The molecule has 2 unspecified atom stereocenters. The second kappa shape index (κ2) is 6.02. The van der Waals surface area contributed by atoms with Crippen molar-refractivity contribution in [3.05, 3.63) is 0 Å². The summed E-state index contributed by atoms with van der Waals surface area (Å²) < 4.78 is 0. The minimum atomic E-state index is 0.345. The molecule has 0 amide bonds. The fraction of sp³-hybridized carbons (Fsp3) is 1.00. The summed E-state index contributed by atoms with van der Waals surface area (Å²) in [6, 6.07) is 0.695. The van der Waals surface area contributed by atoms with E-state index < -0.39 is 0 Å². The van der Waals surface area contributed by atoms with Crippen molar-refractivity contribution in [1.29, 1.82) is 0 Å². The molecule has 1 fully saturated rings. The van der Waals surface area contributed by atoms with Crippen LogP contribution in [0.2, 0.25) is 0 Å². The van der Waals surface area contributed by atoms with E-state index in [-0.39, 0.29) is 0 Å². The molecule has 2 nitrogen and oxygen atoms in total. The van der Waals surface area contributed by atoms with Gasteiger partial charge in [-0.05, 0) is 52.6 Å². The molecule has 96 valence electrons. The zero-order chi connectivity index (χ0) is 12.2. The van der Waals surface area contributed by atoms with Crippen LogP contribution in [0.25, 0.3) is 0 Å². The number of nitrogens with zero attached hydrogens (tertiary/aromatic N) is 1. The summed E-state index contributed by atoms with van der Waals surface area (Å²) in [4.78, 5) is 2.53. The van der Waals surface area contributed by atoms with Crippen molar-refractivity contribution in [2.24, 2.45) is 5.92 Å². The van der Waals surface area contributed by atoms with E-state index in [4.69, 9.17) is 0 Å². The third-order valence-corrected chi connectivity index (χ3v) is 3.87. The van der Waals surface area contributed by atoms with Gasteiger partial charge in [-0.25, -0.2) is 0 Å². The van der Waals surface area contributed by atoms with Gasteiger partial charge in [0.2, 0.25) is 0 Å². The van der Waals surface area contributed by atoms with E-state index in [0.29, 0.717) is 11.6 Å². The summed E-state index contributed by atoms with van der Waals surface area (Å²) in [5.41, 5.74) is 0.345. The summed E-state index contributed by atoms with van der Waals surface area (Å²) in [7, 11) is 2.27. The van der Waals surface area contributed by atoms with E-state index in [0.717, 1.165) is 5.92 Å². The van der Waals surface area contributed by atoms with Gasteiger partial charge < -0.3 is 10.2 Å². The highest BCUT2D eigenvalue weighted by atomic mass is 15.2. The predicted octanol–water partition coefficient (Wildman–Crippen LogP) is 2.89. The van der Waals surface area contributed by atoms with E-state index in [1.807, 2.05) is 0 Å². The fourth-order valence-corrected chi connectivity index (χ4v) is 2.82. The van der Waals surface area contributed by atoms with Gasteiger partial charge in [0.1, 0.15) is 0 Å². The molecule has 0 radical (unpaired) electrons. The van der Waals surface area contributed by atoms with Crippen LogP contribution in [0, 0.1) is 5.92 Å². The molecule has 0 spiro atoms. The summed E-state index contributed by atoms with van der Waals surface area (Å²) in [6.45, 7) is 11.7. The molecular weight excluding hydrogens is 196 g/mol. The van der Waals surface area contributed by atoms with Crippen LogP contribution >= 0.6 is 0 Å². The zero-order valence-electron chi connectivity index (χ0n) is 11.8. The molecule has 0 aromatic carbocycles. The van der Waals surface area contributed by atoms with Gasteiger partial charge in [0.25, 0.3) is 0 Å². The summed E-state index contributed by atoms with van der Waals surface area (Å²) in [5.74, 6) is 0.796. The second-order valence-electron chi connectivity index (χ2n) is 6.34. The van der Waals surface area contributed by atoms with Crippen LogP contribution in [-0.2, 0) is 0 Å². The van der Waals surface area contributed by atoms with Crippen LogP contribution in [0.5, 0.6) is 0 Å². The minimum absolute atomic E-state index is 0.345. The smallest absolute Gasteiger partial charge is 0.0280 e. The zero-order valence-corrected chi connectivity index (χ0v) is 11.8. The Morgan fingerprint density at radius 2 is 1.94 bits per heavy atom. The quantitative estimate of drug-likeness (QED) is 0.775. The molecule has 0 aromatic heterocycles. The molecule has 1 rings (SSSR count). The average molecular weight is 226 g/mol. The van der Waals surface area contributed by atoms with Gasteiger partial charge in [-0.15, -0.1) is 0 Å². The Kier molecular flexibility index (Phi) is 5.26. The highest BCUT2D eigenvalue weighted by Crippen LogP contribution is 2.21. The van der Waals surface area contributed by atoms with Crippen molar-refractivity contribution in [3.8, 4) is 0 Å². The molecule has 1 aliphatic rings. The van der Waals surface area contributed by atoms with E-state index in [1.54, 1.807) is 0 Å². The highest BCUT2D eigenvalue weighted by Gasteiger charge is 2.28. The maximum atomic E-state index is 3.69. The Morgan fingerprint density at radius 1 is 1.25 bits per heavy atom. The first kappa shape index (κ1) is 14.0. The summed E-state index contributed by atoms with van der Waals surface area (Å²) in [5, 5.41) is 3.69. The van der Waals surface area contributed by atoms with Crippen LogP contribution in [0.15, 0.2) is 0 Å². The molecule has 0 aromatic rings. The molecule has 1 saturated heterocycles. The van der Waals surface area contributed by atoms with Gasteiger partial charge in [-0.3, -0.25) is 0 Å². The molecule has 0 saturated carbocycles. The van der Waals surface area contributed by atoms with Crippen molar-refractivity contribution in [3.63, 3.8) is 0 Å². The molecule has 0 bridgehead atoms. The highest BCUT2D eigenvalue weighted by molar-refractivity contribution is 4.89. The van der Waals surface area contributed by atoms with Gasteiger partial charge >= 0.3 is 0 Å². The van der Waals surface area contributed by atoms with Crippen molar-refractivity contribution in [2.75, 3.05) is 20.1 Å². The molecule has 1 N–H and O–H groups in total. The van der Waals surface area contributed by atoms with Crippen LogP contribution in [-0.4, -0.2) is 36.6 Å². The van der Waals surface area contributed by atoms with Crippen molar-refractivity contribution in [2.45, 2.75) is 65.0 Å². The average Bonchev–Trinajstić information content (AvgIpc) is 2.16. The Balaban J connectivity index is 2.39. The van der Waals surface area contributed by atoms with Gasteiger partial charge in [0.15, 0.2) is 0 Å². The second-order valence-corrected chi connectivity index (χ2v) is 6.34. The van der Waals surface area contributed by atoms with Crippen LogP contribution in [0.1, 0.15) is 53.4 Å². The van der Waals surface area contributed by atoms with Gasteiger partial charge in [0, 0.05) is 18.1 Å². The predicted molar refractivity (Wildman–Crippen MR) is 71.8 cm³/mol. The van der Waals surface area contributed by atoms with Gasteiger partial charge in [0.05, 0.1) is 0 Å². The monoisotopic (exact) mass is 226 g/mol. The van der Waals surface area contributed by atoms with Crippen molar-refractivity contribution < 1.29 is 0 Å². The van der Waals surface area contributed by atoms with E-state index in [1.165, 1.54) is 38.8 Å². The maximum Gasteiger partial charge on any atom is 0.0280 e. The Morgan fingerprint density at radius 3 is 2.44 bits per heavy atom. The first-order valence-electron chi connectivity index (χ1n) is 6.88. The van der Waals surface area contributed by atoms with Crippen LogP contribution in [0.3, 0.4) is 0 Å². The molecule has 1 aliphatic heterocycles. The molecule has 0 aliphatic carbocycles. The maximum absolute atomic E-state index is 3.69. The Labute approximate surface area is 102 Å². The molecule has 2 heteroatoms. The minimum Gasteiger partial charge on any atom is -0.310 e. The third-order valence-electron chi connectivity index (χ3n) is 3.87. The van der Waals surface area contributed by atoms with Crippen LogP contribution in [0.4, 0.5) is 0 Å². The lowest BCUT2D eigenvalue weighted by atomic mass is 9.90. The summed E-state index contributed by atoms with van der Waals surface area (Å²) >= 11 is 0. The first-order valence-corrected chi connectivity index (χ1v) is 6.88. The lowest BCUT2D eigenvalue weighted by Crippen LogP contribution is -2.54. The number of hydrogen-bond donors (Lipinski definition) is 1. The third kappa shape index (κ3) is 4.42. The Bertz CT molecular complexity index is 195.